The molecule has 0 aromatic heterocycles. The van der Waals surface area contributed by atoms with Crippen molar-refractivity contribution in [3.63, 3.8) is 0 Å². The van der Waals surface area contributed by atoms with Crippen molar-refractivity contribution in [2.45, 2.75) is 20.0 Å². The van der Waals surface area contributed by atoms with Crippen LogP contribution in [-0.4, -0.2) is 6.10 Å². The molecule has 0 aliphatic carbocycles. The maximum Gasteiger partial charge on any atom is 0.146 e. The van der Waals surface area contributed by atoms with Crippen molar-refractivity contribution in [1.29, 1.82) is 0 Å². The molecule has 0 amide bonds. The first-order chi connectivity index (χ1) is 9.04. The van der Waals surface area contributed by atoms with Gasteiger partial charge in [-0.1, -0.05) is 0 Å². The van der Waals surface area contributed by atoms with E-state index < -0.39 is 11.6 Å². The number of halogens is 2. The number of hydrogen-bond donors (Lipinski definition) is 1. The summed E-state index contributed by atoms with van der Waals surface area (Å²) in [6, 6.07) is 10.4. The lowest BCUT2D eigenvalue weighted by atomic mass is 10.2. The molecule has 19 heavy (non-hydrogen) atoms. The molecule has 0 aliphatic rings. The van der Waals surface area contributed by atoms with Crippen LogP contribution >= 0.6 is 0 Å². The summed E-state index contributed by atoms with van der Waals surface area (Å²) in [5.74, 6) is -0.243. The van der Waals surface area contributed by atoms with Crippen molar-refractivity contribution >= 4 is 11.4 Å². The van der Waals surface area contributed by atoms with Crippen molar-refractivity contribution in [3.8, 4) is 5.75 Å². The molecule has 2 aromatic rings. The van der Waals surface area contributed by atoms with E-state index in [-0.39, 0.29) is 11.8 Å². The maximum atomic E-state index is 13.5. The number of hydrogen-bond acceptors (Lipinski definition) is 2. The summed E-state index contributed by atoms with van der Waals surface area (Å²) >= 11 is 0. The van der Waals surface area contributed by atoms with Crippen LogP contribution in [0.25, 0.3) is 0 Å². The molecule has 1 N–H and O–H groups in total. The Bertz CT molecular complexity index is 553. The van der Waals surface area contributed by atoms with Crippen LogP contribution in [0.1, 0.15) is 13.8 Å². The van der Waals surface area contributed by atoms with Gasteiger partial charge in [-0.3, -0.25) is 0 Å². The lowest BCUT2D eigenvalue weighted by molar-refractivity contribution is 0.242. The molecule has 0 heterocycles. The molecule has 0 aliphatic heterocycles. The number of rotatable bonds is 4. The van der Waals surface area contributed by atoms with Crippen LogP contribution in [-0.2, 0) is 0 Å². The van der Waals surface area contributed by atoms with E-state index >= 15 is 0 Å². The number of anilines is 2. The van der Waals surface area contributed by atoms with Gasteiger partial charge >= 0.3 is 0 Å². The van der Waals surface area contributed by atoms with Gasteiger partial charge in [0.25, 0.3) is 0 Å². The lowest BCUT2D eigenvalue weighted by Gasteiger charge is -2.11. The fourth-order valence-electron chi connectivity index (χ4n) is 1.64. The average molecular weight is 263 g/mol. The summed E-state index contributed by atoms with van der Waals surface area (Å²) in [4.78, 5) is 0. The molecule has 0 saturated heterocycles. The zero-order valence-electron chi connectivity index (χ0n) is 10.8. The second-order valence-corrected chi connectivity index (χ2v) is 4.44. The highest BCUT2D eigenvalue weighted by Crippen LogP contribution is 2.23. The molecule has 100 valence electrons. The first kappa shape index (κ1) is 13.3. The molecule has 0 bridgehead atoms. The van der Waals surface area contributed by atoms with Gasteiger partial charge in [-0.15, -0.1) is 0 Å². The minimum absolute atomic E-state index is 0.0967. The molecule has 0 radical (unpaired) electrons. The summed E-state index contributed by atoms with van der Waals surface area (Å²) in [5, 5.41) is 2.82. The van der Waals surface area contributed by atoms with Gasteiger partial charge in [0.15, 0.2) is 0 Å². The fourth-order valence-corrected chi connectivity index (χ4v) is 1.64. The Kier molecular flexibility index (Phi) is 4.00. The predicted octanol–water partition coefficient (Wildman–Crippen LogP) is 4.50. The Balaban J connectivity index is 2.13. The number of ether oxygens (including phenoxy) is 1. The highest BCUT2D eigenvalue weighted by atomic mass is 19.1. The van der Waals surface area contributed by atoms with Crippen molar-refractivity contribution < 1.29 is 13.5 Å². The van der Waals surface area contributed by atoms with Crippen molar-refractivity contribution in [2.24, 2.45) is 0 Å². The monoisotopic (exact) mass is 263 g/mol. The molecule has 0 fully saturated rings. The van der Waals surface area contributed by atoms with Crippen LogP contribution in [0.15, 0.2) is 42.5 Å². The van der Waals surface area contributed by atoms with E-state index in [2.05, 4.69) is 5.32 Å². The van der Waals surface area contributed by atoms with Gasteiger partial charge in [0, 0.05) is 11.8 Å². The minimum atomic E-state index is -0.496. The molecule has 0 spiro atoms. The highest BCUT2D eigenvalue weighted by molar-refractivity contribution is 5.60. The van der Waals surface area contributed by atoms with E-state index in [1.54, 1.807) is 24.3 Å². The zero-order chi connectivity index (χ0) is 13.8. The van der Waals surface area contributed by atoms with E-state index in [4.69, 9.17) is 4.74 Å². The first-order valence-corrected chi connectivity index (χ1v) is 6.03. The molecule has 0 atom stereocenters. The normalized spacial score (nSPS) is 10.6. The van der Waals surface area contributed by atoms with Gasteiger partial charge in [0.1, 0.15) is 17.4 Å². The van der Waals surface area contributed by atoms with Crippen LogP contribution in [0.3, 0.4) is 0 Å². The Morgan fingerprint density at radius 1 is 1.00 bits per heavy atom. The van der Waals surface area contributed by atoms with E-state index in [1.807, 2.05) is 13.8 Å². The van der Waals surface area contributed by atoms with Crippen LogP contribution in [0, 0.1) is 11.6 Å². The second-order valence-electron chi connectivity index (χ2n) is 4.44. The Hall–Kier alpha value is -2.10. The maximum absolute atomic E-state index is 13.5. The average Bonchev–Trinajstić information content (AvgIpc) is 2.35. The van der Waals surface area contributed by atoms with Crippen LogP contribution in [0.5, 0.6) is 5.75 Å². The molecule has 0 unspecified atom stereocenters. The molecule has 0 saturated carbocycles. The van der Waals surface area contributed by atoms with Crippen LogP contribution in [0.4, 0.5) is 20.2 Å². The second kappa shape index (κ2) is 5.69. The van der Waals surface area contributed by atoms with Crippen molar-refractivity contribution in [2.75, 3.05) is 5.32 Å². The van der Waals surface area contributed by atoms with E-state index in [9.17, 15) is 8.78 Å². The molecule has 2 nitrogen and oxygen atoms in total. The Morgan fingerprint density at radius 3 is 2.32 bits per heavy atom. The molecule has 4 heteroatoms. The molecular weight excluding hydrogens is 248 g/mol. The third kappa shape index (κ3) is 3.68. The van der Waals surface area contributed by atoms with Gasteiger partial charge in [0.2, 0.25) is 0 Å². The number of benzene rings is 2. The molecular formula is C15H15F2NO. The molecule has 2 aromatic carbocycles. The lowest BCUT2D eigenvalue weighted by Crippen LogP contribution is -2.05. The SMILES string of the molecule is CC(C)Oc1ccc(Nc2cc(F)ccc2F)cc1. The van der Waals surface area contributed by atoms with Gasteiger partial charge in [-0.05, 0) is 50.2 Å². The number of nitrogens with one attached hydrogen (secondary N) is 1. The standard InChI is InChI=1S/C15H15F2NO/c1-10(2)19-13-6-4-12(5-7-13)18-15-9-11(16)3-8-14(15)17/h3-10,18H,1-2H3. The summed E-state index contributed by atoms with van der Waals surface area (Å²) in [6.45, 7) is 3.88. The van der Waals surface area contributed by atoms with Gasteiger partial charge < -0.3 is 10.1 Å². The summed E-state index contributed by atoms with van der Waals surface area (Å²) < 4.78 is 32.0. The quantitative estimate of drug-likeness (QED) is 0.877. The summed E-state index contributed by atoms with van der Waals surface area (Å²) in [6.07, 6.45) is 0.0967. The Labute approximate surface area is 111 Å². The van der Waals surface area contributed by atoms with E-state index in [0.29, 0.717) is 5.69 Å². The van der Waals surface area contributed by atoms with Gasteiger partial charge in [-0.25, -0.2) is 8.78 Å². The topological polar surface area (TPSA) is 21.3 Å². The highest BCUT2D eigenvalue weighted by Gasteiger charge is 2.04. The van der Waals surface area contributed by atoms with Gasteiger partial charge in [0.05, 0.1) is 11.8 Å². The molecule has 2 rings (SSSR count). The smallest absolute Gasteiger partial charge is 0.146 e. The minimum Gasteiger partial charge on any atom is -0.491 e. The zero-order valence-corrected chi connectivity index (χ0v) is 10.8. The Morgan fingerprint density at radius 2 is 1.68 bits per heavy atom. The predicted molar refractivity (Wildman–Crippen MR) is 71.8 cm³/mol. The third-order valence-electron chi connectivity index (χ3n) is 2.43. The van der Waals surface area contributed by atoms with Crippen molar-refractivity contribution in [1.82, 2.24) is 0 Å². The fraction of sp³-hybridized carbons (Fsp3) is 0.200. The van der Waals surface area contributed by atoms with Gasteiger partial charge in [-0.2, -0.15) is 0 Å². The summed E-state index contributed by atoms with van der Waals surface area (Å²) in [7, 11) is 0. The van der Waals surface area contributed by atoms with E-state index in [1.165, 1.54) is 0 Å². The summed E-state index contributed by atoms with van der Waals surface area (Å²) in [5.41, 5.74) is 0.776. The van der Waals surface area contributed by atoms with Crippen LogP contribution in [0.2, 0.25) is 0 Å². The first-order valence-electron chi connectivity index (χ1n) is 6.03. The largest absolute Gasteiger partial charge is 0.491 e. The van der Waals surface area contributed by atoms with Crippen LogP contribution < -0.4 is 10.1 Å². The van der Waals surface area contributed by atoms with E-state index in [0.717, 1.165) is 23.9 Å². The third-order valence-corrected chi connectivity index (χ3v) is 2.43. The van der Waals surface area contributed by atoms with Crippen molar-refractivity contribution in [3.05, 3.63) is 54.1 Å².